The van der Waals surface area contributed by atoms with Crippen molar-refractivity contribution in [1.82, 2.24) is 0 Å². The molecule has 1 amide bonds. The van der Waals surface area contributed by atoms with Crippen molar-refractivity contribution < 1.29 is 14.3 Å². The molecule has 0 bridgehead atoms. The van der Waals surface area contributed by atoms with Gasteiger partial charge in [0.2, 0.25) is 5.91 Å². The summed E-state index contributed by atoms with van der Waals surface area (Å²) in [6.45, 7) is 4.32. The maximum atomic E-state index is 12.5. The maximum absolute atomic E-state index is 12.5. The van der Waals surface area contributed by atoms with Gasteiger partial charge in [0.25, 0.3) is 0 Å². The molecule has 1 aromatic carbocycles. The van der Waals surface area contributed by atoms with E-state index in [1.54, 1.807) is 19.1 Å². The molecule has 6 heteroatoms. The first-order chi connectivity index (χ1) is 12.5. The minimum atomic E-state index is -0.346. The summed E-state index contributed by atoms with van der Waals surface area (Å²) in [4.78, 5) is 26.2. The number of carbonyl (C=O) groups excluding carboxylic acids is 2. The summed E-state index contributed by atoms with van der Waals surface area (Å²) in [5.74, 6) is 0.0969. The van der Waals surface area contributed by atoms with Crippen LogP contribution in [0.2, 0.25) is 5.02 Å². The molecular weight excluding hydrogens is 370 g/mol. The summed E-state index contributed by atoms with van der Waals surface area (Å²) in [5, 5.41) is 4.18. The molecule has 0 aliphatic heterocycles. The van der Waals surface area contributed by atoms with Crippen LogP contribution < -0.4 is 5.32 Å². The highest BCUT2D eigenvalue weighted by Crippen LogP contribution is 2.40. The lowest BCUT2D eigenvalue weighted by Crippen LogP contribution is -2.17. The minimum absolute atomic E-state index is 0.149. The lowest BCUT2D eigenvalue weighted by atomic mass is 9.88. The van der Waals surface area contributed by atoms with Crippen LogP contribution in [0.4, 0.5) is 5.00 Å². The largest absolute Gasteiger partial charge is 0.462 e. The number of esters is 1. The molecule has 0 saturated heterocycles. The normalized spacial score (nSPS) is 16.0. The number of ether oxygens (including phenoxy) is 1. The first kappa shape index (κ1) is 18.9. The van der Waals surface area contributed by atoms with Gasteiger partial charge in [0.15, 0.2) is 0 Å². The summed E-state index contributed by atoms with van der Waals surface area (Å²) in [7, 11) is 0. The molecule has 3 rings (SSSR count). The molecule has 0 fully saturated rings. The van der Waals surface area contributed by atoms with Crippen LogP contribution in [0, 0.1) is 5.92 Å². The van der Waals surface area contributed by atoms with Gasteiger partial charge in [-0.25, -0.2) is 4.79 Å². The Balaban J connectivity index is 1.82. The van der Waals surface area contributed by atoms with Crippen molar-refractivity contribution in [1.29, 1.82) is 0 Å². The average molecular weight is 392 g/mol. The van der Waals surface area contributed by atoms with Crippen LogP contribution in [0.25, 0.3) is 0 Å². The number of amides is 1. The fourth-order valence-corrected chi connectivity index (χ4v) is 4.76. The van der Waals surface area contributed by atoms with E-state index in [1.807, 2.05) is 12.1 Å². The third-order valence-electron chi connectivity index (χ3n) is 4.52. The molecule has 0 radical (unpaired) electrons. The van der Waals surface area contributed by atoms with Gasteiger partial charge in [0, 0.05) is 9.90 Å². The molecule has 1 atom stereocenters. The fraction of sp³-hybridized carbons (Fsp3) is 0.400. The molecule has 0 spiro atoms. The Labute approximate surface area is 162 Å². The molecule has 26 heavy (non-hydrogen) atoms. The number of nitrogens with one attached hydrogen (secondary N) is 1. The first-order valence-corrected chi connectivity index (χ1v) is 10.0. The van der Waals surface area contributed by atoms with E-state index in [1.165, 1.54) is 16.2 Å². The van der Waals surface area contributed by atoms with E-state index in [9.17, 15) is 9.59 Å². The van der Waals surface area contributed by atoms with Crippen molar-refractivity contribution in [3.63, 3.8) is 0 Å². The Morgan fingerprint density at radius 1 is 1.31 bits per heavy atom. The number of benzene rings is 1. The Morgan fingerprint density at radius 2 is 2.04 bits per heavy atom. The van der Waals surface area contributed by atoms with Crippen LogP contribution in [-0.4, -0.2) is 18.5 Å². The standard InChI is InChI=1S/C20H22ClNO3S/c1-3-25-20(24)18-15-9-4-12(2)10-16(15)26-19(18)22-17(23)11-13-5-7-14(21)8-6-13/h5-8,12H,3-4,9-11H2,1-2H3,(H,22,23). The van der Waals surface area contributed by atoms with E-state index >= 15 is 0 Å². The predicted octanol–water partition coefficient (Wildman–Crippen LogP) is 4.88. The van der Waals surface area contributed by atoms with Gasteiger partial charge in [-0.05, 0) is 55.4 Å². The molecular formula is C20H22ClNO3S. The topological polar surface area (TPSA) is 55.4 Å². The van der Waals surface area contributed by atoms with Crippen molar-refractivity contribution in [3.05, 3.63) is 50.9 Å². The zero-order valence-corrected chi connectivity index (χ0v) is 16.5. The third kappa shape index (κ3) is 4.27. The highest BCUT2D eigenvalue weighted by Gasteiger charge is 2.29. The number of halogens is 1. The van der Waals surface area contributed by atoms with Gasteiger partial charge in [-0.2, -0.15) is 0 Å². The number of thiophene rings is 1. The second-order valence-corrected chi connectivity index (χ2v) is 8.17. The van der Waals surface area contributed by atoms with Crippen LogP contribution in [0.15, 0.2) is 24.3 Å². The number of rotatable bonds is 5. The summed E-state index contributed by atoms with van der Waals surface area (Å²) >= 11 is 7.39. The minimum Gasteiger partial charge on any atom is -0.462 e. The number of hydrogen-bond acceptors (Lipinski definition) is 4. The van der Waals surface area contributed by atoms with Gasteiger partial charge in [-0.3, -0.25) is 4.79 Å². The van der Waals surface area contributed by atoms with Crippen LogP contribution >= 0.6 is 22.9 Å². The summed E-state index contributed by atoms with van der Waals surface area (Å²) < 4.78 is 5.23. The van der Waals surface area contributed by atoms with Crippen molar-refractivity contribution in [2.75, 3.05) is 11.9 Å². The van der Waals surface area contributed by atoms with Crippen molar-refractivity contribution in [2.45, 2.75) is 39.5 Å². The average Bonchev–Trinajstić information content (AvgIpc) is 2.93. The smallest absolute Gasteiger partial charge is 0.341 e. The summed E-state index contributed by atoms with van der Waals surface area (Å²) in [6, 6.07) is 7.18. The maximum Gasteiger partial charge on any atom is 0.341 e. The second-order valence-electron chi connectivity index (χ2n) is 6.63. The Kier molecular flexibility index (Phi) is 5.99. The van der Waals surface area contributed by atoms with Crippen molar-refractivity contribution >= 4 is 39.8 Å². The highest BCUT2D eigenvalue weighted by molar-refractivity contribution is 7.17. The molecule has 2 aromatic rings. The van der Waals surface area contributed by atoms with Gasteiger partial charge in [-0.15, -0.1) is 11.3 Å². The van der Waals surface area contributed by atoms with Crippen molar-refractivity contribution in [2.24, 2.45) is 5.92 Å². The van der Waals surface area contributed by atoms with Gasteiger partial charge in [0.05, 0.1) is 18.6 Å². The Morgan fingerprint density at radius 3 is 2.73 bits per heavy atom. The quantitative estimate of drug-likeness (QED) is 0.738. The van der Waals surface area contributed by atoms with Crippen LogP contribution in [0.5, 0.6) is 0 Å². The molecule has 138 valence electrons. The van der Waals surface area contributed by atoms with Gasteiger partial charge in [0.1, 0.15) is 5.00 Å². The second kappa shape index (κ2) is 8.23. The highest BCUT2D eigenvalue weighted by atomic mass is 35.5. The lowest BCUT2D eigenvalue weighted by molar-refractivity contribution is -0.115. The molecule has 1 heterocycles. The summed E-state index contributed by atoms with van der Waals surface area (Å²) in [5.41, 5.74) is 2.47. The lowest BCUT2D eigenvalue weighted by Gasteiger charge is -2.18. The number of carbonyl (C=O) groups is 2. The molecule has 0 saturated carbocycles. The monoisotopic (exact) mass is 391 g/mol. The SMILES string of the molecule is CCOC(=O)c1c(NC(=O)Cc2ccc(Cl)cc2)sc2c1CCC(C)C2. The van der Waals surface area contributed by atoms with Crippen LogP contribution in [0.1, 0.15) is 46.6 Å². The fourth-order valence-electron chi connectivity index (χ4n) is 3.22. The first-order valence-electron chi connectivity index (χ1n) is 8.83. The van der Waals surface area contributed by atoms with Gasteiger partial charge < -0.3 is 10.1 Å². The number of hydrogen-bond donors (Lipinski definition) is 1. The molecule has 1 unspecified atom stereocenters. The van der Waals surface area contributed by atoms with Gasteiger partial charge >= 0.3 is 5.97 Å². The molecule has 4 nitrogen and oxygen atoms in total. The van der Waals surface area contributed by atoms with E-state index in [2.05, 4.69) is 12.2 Å². The van der Waals surface area contributed by atoms with E-state index in [-0.39, 0.29) is 18.3 Å². The predicted molar refractivity (Wildman–Crippen MR) is 105 cm³/mol. The van der Waals surface area contributed by atoms with E-state index in [4.69, 9.17) is 16.3 Å². The Bertz CT molecular complexity index is 813. The third-order valence-corrected chi connectivity index (χ3v) is 5.94. The van der Waals surface area contributed by atoms with Gasteiger partial charge in [-0.1, -0.05) is 30.7 Å². The van der Waals surface area contributed by atoms with Crippen LogP contribution in [-0.2, 0) is 28.8 Å². The molecule has 1 aliphatic rings. The van der Waals surface area contributed by atoms with E-state index in [0.29, 0.717) is 28.1 Å². The number of anilines is 1. The number of fused-ring (bicyclic) bond motifs is 1. The molecule has 1 aliphatic carbocycles. The van der Waals surface area contributed by atoms with E-state index in [0.717, 1.165) is 30.4 Å². The molecule has 1 N–H and O–H groups in total. The zero-order chi connectivity index (χ0) is 18.7. The summed E-state index contributed by atoms with van der Waals surface area (Å²) in [6.07, 6.45) is 3.08. The van der Waals surface area contributed by atoms with Crippen LogP contribution in [0.3, 0.4) is 0 Å². The Hall–Kier alpha value is -1.85. The van der Waals surface area contributed by atoms with E-state index < -0.39 is 0 Å². The van der Waals surface area contributed by atoms with Crippen molar-refractivity contribution in [3.8, 4) is 0 Å². The zero-order valence-electron chi connectivity index (χ0n) is 14.9. The molecule has 1 aromatic heterocycles.